The van der Waals surface area contributed by atoms with Crippen molar-refractivity contribution < 1.29 is 23.6 Å². The van der Waals surface area contributed by atoms with Crippen molar-refractivity contribution >= 4 is 39.4 Å². The first-order valence-electron chi connectivity index (χ1n) is 11.9. The van der Waals surface area contributed by atoms with Gasteiger partial charge in [0.1, 0.15) is 11.4 Å². The first kappa shape index (κ1) is 26.2. The van der Waals surface area contributed by atoms with E-state index in [1.165, 1.54) is 4.90 Å². The van der Waals surface area contributed by atoms with Crippen LogP contribution >= 0.6 is 15.9 Å². The van der Waals surface area contributed by atoms with E-state index < -0.39 is 6.09 Å². The van der Waals surface area contributed by atoms with E-state index in [2.05, 4.69) is 21.1 Å². The zero-order valence-electron chi connectivity index (χ0n) is 20.9. The molecule has 1 amide bonds. The molecule has 0 aliphatic heterocycles. The normalized spacial score (nSPS) is 10.7. The van der Waals surface area contributed by atoms with Gasteiger partial charge in [-0.25, -0.2) is 9.69 Å². The number of ether oxygens (including phenoxy) is 2. The fourth-order valence-electron chi connectivity index (χ4n) is 3.95. The summed E-state index contributed by atoms with van der Waals surface area (Å²) in [5, 5.41) is 4.16. The molecule has 0 fully saturated rings. The summed E-state index contributed by atoms with van der Waals surface area (Å²) in [7, 11) is 0. The summed E-state index contributed by atoms with van der Waals surface area (Å²) >= 11 is 3.48. The van der Waals surface area contributed by atoms with Crippen LogP contribution in [0, 0.1) is 6.92 Å². The van der Waals surface area contributed by atoms with Gasteiger partial charge in [-0.15, -0.1) is 0 Å². The van der Waals surface area contributed by atoms with Crippen LogP contribution < -0.4 is 4.90 Å². The van der Waals surface area contributed by atoms with Crippen molar-refractivity contribution in [2.45, 2.75) is 27.2 Å². The Kier molecular flexibility index (Phi) is 8.40. The molecule has 1 aromatic heterocycles. The summed E-state index contributed by atoms with van der Waals surface area (Å²) in [5.74, 6) is 0.222. The van der Waals surface area contributed by atoms with Crippen molar-refractivity contribution in [3.8, 4) is 22.5 Å². The number of rotatable bonds is 8. The number of nitrogens with zero attached hydrogens (tertiary/aromatic N) is 2. The molecule has 37 heavy (non-hydrogen) atoms. The molecule has 0 saturated heterocycles. The van der Waals surface area contributed by atoms with Crippen LogP contribution in [0.1, 0.15) is 25.1 Å². The van der Waals surface area contributed by atoms with E-state index in [0.717, 1.165) is 26.7 Å². The van der Waals surface area contributed by atoms with Gasteiger partial charge in [0.25, 0.3) is 0 Å². The number of carbonyl (C=O) groups is 2. The lowest BCUT2D eigenvalue weighted by Gasteiger charge is -2.22. The number of anilines is 2. The zero-order chi connectivity index (χ0) is 26.4. The summed E-state index contributed by atoms with van der Waals surface area (Å²) in [4.78, 5) is 26.3. The monoisotopic (exact) mass is 562 g/mol. The Hall–Kier alpha value is -3.91. The van der Waals surface area contributed by atoms with Gasteiger partial charge in [-0.2, -0.15) is 0 Å². The fourth-order valence-corrected chi connectivity index (χ4v) is 4.34. The highest BCUT2D eigenvalue weighted by Gasteiger charge is 2.28. The quantitative estimate of drug-likeness (QED) is 0.207. The summed E-state index contributed by atoms with van der Waals surface area (Å²) in [6.45, 7) is 5.95. The van der Waals surface area contributed by atoms with Crippen LogP contribution in [0.3, 0.4) is 0 Å². The predicted molar refractivity (Wildman–Crippen MR) is 146 cm³/mol. The molecule has 0 N–H and O–H groups in total. The number of aryl methyl sites for hydroxylation is 1. The molecule has 0 aliphatic carbocycles. The first-order valence-corrected chi connectivity index (χ1v) is 12.7. The number of halogens is 1. The molecular weight excluding hydrogens is 536 g/mol. The average molecular weight is 563 g/mol. The maximum absolute atomic E-state index is 13.0. The molecule has 0 radical (unpaired) electrons. The van der Waals surface area contributed by atoms with E-state index >= 15 is 0 Å². The predicted octanol–water partition coefficient (Wildman–Crippen LogP) is 7.48. The first-order chi connectivity index (χ1) is 17.9. The molecule has 0 atom stereocenters. The van der Waals surface area contributed by atoms with Crippen molar-refractivity contribution in [2.75, 3.05) is 18.1 Å². The molecule has 4 aromatic rings. The number of hydrogen-bond acceptors (Lipinski definition) is 6. The molecule has 1 heterocycles. The minimum atomic E-state index is -0.521. The highest BCUT2D eigenvalue weighted by molar-refractivity contribution is 9.10. The number of esters is 1. The smallest absolute Gasteiger partial charge is 0.419 e. The summed E-state index contributed by atoms with van der Waals surface area (Å²) in [6.07, 6.45) is -0.275. The van der Waals surface area contributed by atoms with Crippen molar-refractivity contribution in [1.29, 1.82) is 0 Å². The van der Waals surface area contributed by atoms with Crippen LogP contribution in [0.2, 0.25) is 0 Å². The molecule has 190 valence electrons. The molecule has 4 rings (SSSR count). The van der Waals surface area contributed by atoms with E-state index in [-0.39, 0.29) is 19.0 Å². The number of amides is 1. The van der Waals surface area contributed by atoms with Gasteiger partial charge in [0, 0.05) is 10.0 Å². The second kappa shape index (κ2) is 11.9. The third-order valence-electron chi connectivity index (χ3n) is 5.66. The maximum atomic E-state index is 13.0. The summed E-state index contributed by atoms with van der Waals surface area (Å²) in [5.41, 5.74) is 5.38. The van der Waals surface area contributed by atoms with Crippen molar-refractivity contribution in [3.05, 3.63) is 88.5 Å². The minimum absolute atomic E-state index is 0.232. The molecule has 0 aliphatic rings. The second-order valence-corrected chi connectivity index (χ2v) is 9.13. The maximum Gasteiger partial charge on any atom is 0.419 e. The van der Waals surface area contributed by atoms with Crippen LogP contribution in [-0.2, 0) is 20.7 Å². The molecule has 7 nitrogen and oxygen atoms in total. The highest BCUT2D eigenvalue weighted by Crippen LogP contribution is 2.39. The van der Waals surface area contributed by atoms with E-state index in [1.807, 2.05) is 72.8 Å². The Labute approximate surface area is 224 Å². The molecule has 3 aromatic carbocycles. The Morgan fingerprint density at radius 1 is 0.892 bits per heavy atom. The summed E-state index contributed by atoms with van der Waals surface area (Å²) < 4.78 is 16.9. The molecule has 0 bridgehead atoms. The van der Waals surface area contributed by atoms with Crippen molar-refractivity contribution in [2.24, 2.45) is 0 Å². The van der Waals surface area contributed by atoms with E-state index in [0.29, 0.717) is 29.4 Å². The van der Waals surface area contributed by atoms with Gasteiger partial charge in [-0.3, -0.25) is 4.79 Å². The molecular formula is C29H27BrN2O5. The molecule has 8 heteroatoms. The summed E-state index contributed by atoms with van der Waals surface area (Å²) in [6, 6.07) is 23.0. The topological polar surface area (TPSA) is 81.9 Å². The highest BCUT2D eigenvalue weighted by atomic mass is 79.9. The van der Waals surface area contributed by atoms with Crippen LogP contribution in [0.4, 0.5) is 16.2 Å². The molecule has 0 spiro atoms. The number of hydrogen-bond donors (Lipinski definition) is 0. The molecule has 0 saturated carbocycles. The third-order valence-corrected chi connectivity index (χ3v) is 6.15. The van der Waals surface area contributed by atoms with Crippen molar-refractivity contribution in [3.63, 3.8) is 0 Å². The molecule has 0 unspecified atom stereocenters. The SMILES string of the molecule is CCOC(=O)Cc1ccc(-c2ccc(-c3onc(C)c3N(C(=O)OCC)c3cccc(Br)c3)cc2)cc1. The average Bonchev–Trinajstić information content (AvgIpc) is 3.26. The van der Waals surface area contributed by atoms with E-state index in [4.69, 9.17) is 14.0 Å². The van der Waals surface area contributed by atoms with Gasteiger partial charge < -0.3 is 14.0 Å². The van der Waals surface area contributed by atoms with Gasteiger partial charge in [-0.1, -0.05) is 75.7 Å². The van der Waals surface area contributed by atoms with Gasteiger partial charge in [0.15, 0.2) is 5.76 Å². The fraction of sp³-hybridized carbons (Fsp3) is 0.207. The van der Waals surface area contributed by atoms with Crippen LogP contribution in [-0.4, -0.2) is 30.4 Å². The third kappa shape index (κ3) is 6.09. The Morgan fingerprint density at radius 3 is 2.14 bits per heavy atom. The van der Waals surface area contributed by atoms with Gasteiger partial charge in [0.05, 0.1) is 25.3 Å². The zero-order valence-corrected chi connectivity index (χ0v) is 22.4. The van der Waals surface area contributed by atoms with Crippen molar-refractivity contribution in [1.82, 2.24) is 5.16 Å². The number of benzene rings is 3. The van der Waals surface area contributed by atoms with E-state index in [1.54, 1.807) is 20.8 Å². The lowest BCUT2D eigenvalue weighted by molar-refractivity contribution is -0.142. The van der Waals surface area contributed by atoms with Gasteiger partial charge >= 0.3 is 12.1 Å². The lowest BCUT2D eigenvalue weighted by atomic mass is 10.0. The minimum Gasteiger partial charge on any atom is -0.466 e. The largest absolute Gasteiger partial charge is 0.466 e. The lowest BCUT2D eigenvalue weighted by Crippen LogP contribution is -2.27. The number of aromatic nitrogens is 1. The van der Waals surface area contributed by atoms with Crippen LogP contribution in [0.5, 0.6) is 0 Å². The second-order valence-electron chi connectivity index (χ2n) is 8.22. The Balaban J connectivity index is 1.64. The van der Waals surface area contributed by atoms with Gasteiger partial charge in [-0.05, 0) is 55.7 Å². The van der Waals surface area contributed by atoms with Gasteiger partial charge in [0.2, 0.25) is 0 Å². The Morgan fingerprint density at radius 2 is 1.51 bits per heavy atom. The number of carbonyl (C=O) groups excluding carboxylic acids is 2. The standard InChI is InChI=1S/C29H27BrN2O5/c1-4-35-26(33)17-20-9-11-21(12-10-20)22-13-15-23(16-14-22)28-27(19(3)31-37-28)32(29(34)36-5-2)25-8-6-7-24(30)18-25/h6-16,18H,4-5,17H2,1-3H3. The van der Waals surface area contributed by atoms with Crippen LogP contribution in [0.25, 0.3) is 22.5 Å². The van der Waals surface area contributed by atoms with E-state index in [9.17, 15) is 9.59 Å². The Bertz CT molecular complexity index is 1380. The van der Waals surface area contributed by atoms with Crippen LogP contribution in [0.15, 0.2) is 81.8 Å².